The zero-order chi connectivity index (χ0) is 15.2. The summed E-state index contributed by atoms with van der Waals surface area (Å²) in [5.74, 6) is 0.0635. The number of carbonyl (C=O) groups is 1. The molecule has 1 aromatic rings. The van der Waals surface area contributed by atoms with Gasteiger partial charge in [-0.15, -0.1) is 0 Å². The molecule has 1 amide bonds. The molecule has 1 fully saturated rings. The van der Waals surface area contributed by atoms with E-state index < -0.39 is 6.04 Å². The summed E-state index contributed by atoms with van der Waals surface area (Å²) in [5, 5.41) is 0. The summed E-state index contributed by atoms with van der Waals surface area (Å²) in [7, 11) is 1.66. The van der Waals surface area contributed by atoms with Crippen LogP contribution in [0.1, 0.15) is 37.3 Å². The molecule has 4 nitrogen and oxygen atoms in total. The number of amides is 1. The van der Waals surface area contributed by atoms with Crippen LogP contribution in [0, 0.1) is 0 Å². The Balaban J connectivity index is 2.02. The molecule has 0 radical (unpaired) electrons. The molecule has 116 valence electrons. The lowest BCUT2D eigenvalue weighted by Crippen LogP contribution is -2.43. The van der Waals surface area contributed by atoms with Gasteiger partial charge in [0.05, 0.1) is 12.1 Å². The van der Waals surface area contributed by atoms with Gasteiger partial charge in [-0.05, 0) is 43.4 Å². The van der Waals surface area contributed by atoms with Crippen LogP contribution >= 0.6 is 15.9 Å². The second-order valence-electron chi connectivity index (χ2n) is 5.49. The monoisotopic (exact) mass is 354 g/mol. The molecule has 2 rings (SSSR count). The highest BCUT2D eigenvalue weighted by atomic mass is 79.9. The summed E-state index contributed by atoms with van der Waals surface area (Å²) in [5.41, 5.74) is 7.23. The topological polar surface area (TPSA) is 55.6 Å². The van der Waals surface area contributed by atoms with E-state index in [0.717, 1.165) is 30.3 Å². The van der Waals surface area contributed by atoms with Crippen LogP contribution in [0.15, 0.2) is 28.7 Å². The fourth-order valence-electron chi connectivity index (χ4n) is 2.87. The minimum Gasteiger partial charge on any atom is -0.385 e. The van der Waals surface area contributed by atoms with Gasteiger partial charge in [-0.3, -0.25) is 4.79 Å². The molecule has 2 atom stereocenters. The number of hydrogen-bond acceptors (Lipinski definition) is 3. The molecule has 1 saturated heterocycles. The largest absolute Gasteiger partial charge is 0.385 e. The van der Waals surface area contributed by atoms with Crippen molar-refractivity contribution in [1.29, 1.82) is 0 Å². The molecule has 0 aromatic heterocycles. The van der Waals surface area contributed by atoms with Crippen molar-refractivity contribution in [3.63, 3.8) is 0 Å². The van der Waals surface area contributed by atoms with Crippen molar-refractivity contribution in [2.75, 3.05) is 20.3 Å². The van der Waals surface area contributed by atoms with Crippen molar-refractivity contribution < 1.29 is 9.53 Å². The molecule has 0 aliphatic carbocycles. The minimum atomic E-state index is -0.423. The van der Waals surface area contributed by atoms with Gasteiger partial charge in [-0.2, -0.15) is 0 Å². The van der Waals surface area contributed by atoms with Crippen molar-refractivity contribution in [1.82, 2.24) is 4.90 Å². The second kappa shape index (κ2) is 7.92. The van der Waals surface area contributed by atoms with Crippen LogP contribution in [-0.2, 0) is 9.53 Å². The van der Waals surface area contributed by atoms with Crippen LogP contribution in [0.5, 0.6) is 0 Å². The van der Waals surface area contributed by atoms with Crippen LogP contribution in [0.2, 0.25) is 0 Å². The number of methoxy groups -OCH3 is 1. The Morgan fingerprint density at radius 1 is 1.57 bits per heavy atom. The lowest BCUT2D eigenvalue weighted by molar-refractivity contribution is -0.133. The van der Waals surface area contributed by atoms with Gasteiger partial charge in [-0.1, -0.05) is 28.1 Å². The minimum absolute atomic E-state index is 0.0635. The molecule has 1 heterocycles. The van der Waals surface area contributed by atoms with Gasteiger partial charge in [0.25, 0.3) is 0 Å². The maximum Gasteiger partial charge on any atom is 0.239 e. The van der Waals surface area contributed by atoms with E-state index in [1.165, 1.54) is 5.56 Å². The van der Waals surface area contributed by atoms with Gasteiger partial charge in [0, 0.05) is 24.7 Å². The smallest absolute Gasteiger partial charge is 0.239 e. The first kappa shape index (κ1) is 16.5. The van der Waals surface area contributed by atoms with E-state index in [1.54, 1.807) is 7.11 Å². The number of ether oxygens (including phenoxy) is 1. The zero-order valence-corrected chi connectivity index (χ0v) is 14.0. The van der Waals surface area contributed by atoms with Gasteiger partial charge < -0.3 is 15.4 Å². The molecular weight excluding hydrogens is 332 g/mol. The number of nitrogens with two attached hydrogens (primary N) is 1. The Morgan fingerprint density at radius 2 is 2.38 bits per heavy atom. The van der Waals surface area contributed by atoms with E-state index >= 15 is 0 Å². The SMILES string of the molecule is COCCCC(N)C(=O)N1CCCC1c1cccc(Br)c1. The number of hydrogen-bond donors (Lipinski definition) is 1. The molecule has 2 unspecified atom stereocenters. The zero-order valence-electron chi connectivity index (χ0n) is 12.4. The van der Waals surface area contributed by atoms with E-state index in [-0.39, 0.29) is 11.9 Å². The fourth-order valence-corrected chi connectivity index (χ4v) is 3.29. The van der Waals surface area contributed by atoms with E-state index in [1.807, 2.05) is 17.0 Å². The van der Waals surface area contributed by atoms with Gasteiger partial charge in [0.2, 0.25) is 5.91 Å². The highest BCUT2D eigenvalue weighted by molar-refractivity contribution is 9.10. The molecule has 1 aliphatic heterocycles. The average Bonchev–Trinajstić information content (AvgIpc) is 2.96. The first-order valence-electron chi connectivity index (χ1n) is 7.44. The fraction of sp³-hybridized carbons (Fsp3) is 0.562. The van der Waals surface area contributed by atoms with Crippen molar-refractivity contribution in [2.45, 2.75) is 37.8 Å². The molecule has 0 saturated carbocycles. The normalized spacial score (nSPS) is 19.8. The van der Waals surface area contributed by atoms with E-state index in [0.29, 0.717) is 13.0 Å². The summed E-state index contributed by atoms with van der Waals surface area (Å²) in [6, 6.07) is 7.92. The molecule has 21 heavy (non-hydrogen) atoms. The molecule has 0 spiro atoms. The number of benzene rings is 1. The molecule has 5 heteroatoms. The van der Waals surface area contributed by atoms with Gasteiger partial charge in [-0.25, -0.2) is 0 Å². The summed E-state index contributed by atoms with van der Waals surface area (Å²) in [4.78, 5) is 14.5. The first-order chi connectivity index (χ1) is 10.1. The van der Waals surface area contributed by atoms with Crippen LogP contribution < -0.4 is 5.73 Å². The quantitative estimate of drug-likeness (QED) is 0.799. The van der Waals surface area contributed by atoms with E-state index in [4.69, 9.17) is 10.5 Å². The molecule has 1 aliphatic rings. The Bertz CT molecular complexity index is 481. The first-order valence-corrected chi connectivity index (χ1v) is 8.23. The number of rotatable bonds is 6. The standard InChI is InChI=1S/C16H23BrN2O2/c1-21-10-4-7-14(18)16(20)19-9-3-8-15(19)12-5-2-6-13(17)11-12/h2,5-6,11,14-15H,3-4,7-10,18H2,1H3. The summed E-state index contributed by atoms with van der Waals surface area (Å²) in [6.45, 7) is 1.45. The summed E-state index contributed by atoms with van der Waals surface area (Å²) >= 11 is 3.50. The van der Waals surface area contributed by atoms with Gasteiger partial charge >= 0.3 is 0 Å². The summed E-state index contributed by atoms with van der Waals surface area (Å²) in [6.07, 6.45) is 3.54. The Kier molecular flexibility index (Phi) is 6.21. The number of likely N-dealkylation sites (tertiary alicyclic amines) is 1. The predicted octanol–water partition coefficient (Wildman–Crippen LogP) is 2.87. The molecule has 1 aromatic carbocycles. The van der Waals surface area contributed by atoms with Gasteiger partial charge in [0.15, 0.2) is 0 Å². The molecule has 2 N–H and O–H groups in total. The number of nitrogens with zero attached hydrogens (tertiary/aromatic N) is 1. The third kappa shape index (κ3) is 4.28. The Labute approximate surface area is 134 Å². The predicted molar refractivity (Wildman–Crippen MR) is 86.9 cm³/mol. The second-order valence-corrected chi connectivity index (χ2v) is 6.40. The molecular formula is C16H23BrN2O2. The Morgan fingerprint density at radius 3 is 3.10 bits per heavy atom. The van der Waals surface area contributed by atoms with Crippen molar-refractivity contribution in [2.24, 2.45) is 5.73 Å². The van der Waals surface area contributed by atoms with Crippen molar-refractivity contribution in [3.05, 3.63) is 34.3 Å². The van der Waals surface area contributed by atoms with Crippen LogP contribution in [0.3, 0.4) is 0 Å². The third-order valence-corrected chi connectivity index (χ3v) is 4.44. The average molecular weight is 355 g/mol. The van der Waals surface area contributed by atoms with Crippen molar-refractivity contribution in [3.8, 4) is 0 Å². The van der Waals surface area contributed by atoms with Crippen LogP contribution in [0.4, 0.5) is 0 Å². The maximum absolute atomic E-state index is 12.6. The summed E-state index contributed by atoms with van der Waals surface area (Å²) < 4.78 is 6.06. The lowest BCUT2D eigenvalue weighted by Gasteiger charge is -2.28. The highest BCUT2D eigenvalue weighted by Crippen LogP contribution is 2.33. The van der Waals surface area contributed by atoms with Crippen LogP contribution in [0.25, 0.3) is 0 Å². The number of carbonyl (C=O) groups excluding carboxylic acids is 1. The maximum atomic E-state index is 12.6. The lowest BCUT2D eigenvalue weighted by atomic mass is 10.0. The highest BCUT2D eigenvalue weighted by Gasteiger charge is 2.32. The van der Waals surface area contributed by atoms with E-state index in [2.05, 4.69) is 28.1 Å². The van der Waals surface area contributed by atoms with Crippen LogP contribution in [-0.4, -0.2) is 37.1 Å². The van der Waals surface area contributed by atoms with Gasteiger partial charge in [0.1, 0.15) is 0 Å². The van der Waals surface area contributed by atoms with Crippen molar-refractivity contribution >= 4 is 21.8 Å². The Hall–Kier alpha value is -0.910. The molecule has 0 bridgehead atoms. The number of halogens is 1. The third-order valence-electron chi connectivity index (χ3n) is 3.95. The van der Waals surface area contributed by atoms with E-state index in [9.17, 15) is 4.79 Å².